The van der Waals surface area contributed by atoms with Crippen molar-refractivity contribution in [1.29, 1.82) is 0 Å². The molecule has 0 aliphatic rings. The van der Waals surface area contributed by atoms with Gasteiger partial charge in [-0.05, 0) is 65.8 Å². The fourth-order valence-electron chi connectivity index (χ4n) is 2.54. The maximum Gasteiger partial charge on any atom is 0.440 e. The van der Waals surface area contributed by atoms with Crippen LogP contribution in [0.15, 0.2) is 36.9 Å². The quantitative estimate of drug-likeness (QED) is 0.527. The van der Waals surface area contributed by atoms with Crippen molar-refractivity contribution in [3.8, 4) is 5.69 Å². The van der Waals surface area contributed by atoms with E-state index in [9.17, 15) is 4.79 Å². The second-order valence-electron chi connectivity index (χ2n) is 8.55. The molecule has 3 aromatic rings. The minimum Gasteiger partial charge on any atom is -0.442 e. The predicted molar refractivity (Wildman–Crippen MR) is 111 cm³/mol. The van der Waals surface area contributed by atoms with Gasteiger partial charge < -0.3 is 10.5 Å². The number of nitrogen functional groups attached to an aromatic ring is 1. The Bertz CT molecular complexity index is 1020. The van der Waals surface area contributed by atoms with E-state index in [1.54, 1.807) is 43.8 Å². The molecule has 0 saturated heterocycles. The molecule has 29 heavy (non-hydrogen) atoms. The summed E-state index contributed by atoms with van der Waals surface area (Å²) in [6, 6.07) is 7.29. The Morgan fingerprint density at radius 3 is 2.24 bits per heavy atom. The molecule has 0 spiro atoms. The van der Waals surface area contributed by atoms with Gasteiger partial charge in [-0.3, -0.25) is 9.40 Å². The lowest BCUT2D eigenvalue weighted by atomic mass is 10.2. The largest absolute Gasteiger partial charge is 0.442 e. The van der Waals surface area contributed by atoms with E-state index in [1.807, 2.05) is 32.9 Å². The first-order chi connectivity index (χ1) is 13.4. The molecular weight excluding hydrogens is 372 g/mol. The third-order valence-electron chi connectivity index (χ3n) is 3.60. The van der Waals surface area contributed by atoms with Crippen LogP contribution in [0, 0.1) is 0 Å². The molecule has 9 nitrogen and oxygen atoms in total. The zero-order valence-electron chi connectivity index (χ0n) is 17.5. The fraction of sp³-hybridized carbons (Fsp3) is 0.400. The summed E-state index contributed by atoms with van der Waals surface area (Å²) in [5, 5.41) is 1.04. The highest BCUT2D eigenvalue weighted by Crippen LogP contribution is 2.28. The topological polar surface area (TPSA) is 108 Å². The maximum atomic E-state index is 12.9. The summed E-state index contributed by atoms with van der Waals surface area (Å²) < 4.78 is 7.29. The summed E-state index contributed by atoms with van der Waals surface area (Å²) in [6.45, 7) is 10.8. The molecule has 2 heterocycles. The summed E-state index contributed by atoms with van der Waals surface area (Å²) in [5.41, 5.74) is 6.80. The molecule has 2 N–H and O–H groups in total. The van der Waals surface area contributed by atoms with Gasteiger partial charge in [0.2, 0.25) is 0 Å². The first-order valence-corrected chi connectivity index (χ1v) is 9.21. The predicted octanol–water partition coefficient (Wildman–Crippen LogP) is 3.87. The van der Waals surface area contributed by atoms with Gasteiger partial charge >= 0.3 is 6.09 Å². The molecule has 0 bridgehead atoms. The van der Waals surface area contributed by atoms with E-state index in [2.05, 4.69) is 15.0 Å². The van der Waals surface area contributed by atoms with Gasteiger partial charge in [-0.15, -0.1) is 5.06 Å². The van der Waals surface area contributed by atoms with Crippen molar-refractivity contribution >= 4 is 28.8 Å². The Labute approximate surface area is 169 Å². The lowest BCUT2D eigenvalue weighted by Crippen LogP contribution is -2.42. The van der Waals surface area contributed by atoms with Gasteiger partial charge in [-0.2, -0.15) is 0 Å². The molecule has 3 rings (SSSR count). The lowest BCUT2D eigenvalue weighted by molar-refractivity contribution is -0.0361. The van der Waals surface area contributed by atoms with Crippen molar-refractivity contribution in [2.75, 3.05) is 10.8 Å². The molecule has 154 valence electrons. The van der Waals surface area contributed by atoms with Gasteiger partial charge in [0.15, 0.2) is 17.0 Å². The number of amides is 1. The zero-order valence-corrected chi connectivity index (χ0v) is 17.5. The normalized spacial score (nSPS) is 12.2. The van der Waals surface area contributed by atoms with Gasteiger partial charge in [0.25, 0.3) is 0 Å². The number of hydrogen-bond donors (Lipinski definition) is 1. The monoisotopic (exact) mass is 398 g/mol. The maximum absolute atomic E-state index is 12.9. The number of hydroxylamine groups is 1. The summed E-state index contributed by atoms with van der Waals surface area (Å²) in [4.78, 5) is 31.8. The minimum atomic E-state index is -0.702. The van der Waals surface area contributed by atoms with Crippen LogP contribution in [0.1, 0.15) is 41.5 Å². The number of carbonyl (C=O) groups excluding carboxylic acids is 1. The molecule has 0 unspecified atom stereocenters. The molecule has 0 atom stereocenters. The number of carbonyl (C=O) groups is 1. The molecule has 1 amide bonds. The SMILES string of the molecule is CC(C)(C)OC(=O)N(OC(C)(C)C)c1ncnc2c1ncn2-c1ccc(N)cc1. The summed E-state index contributed by atoms with van der Waals surface area (Å²) in [7, 11) is 0. The number of benzene rings is 1. The highest BCUT2D eigenvalue weighted by Gasteiger charge is 2.31. The smallest absolute Gasteiger partial charge is 0.440 e. The van der Waals surface area contributed by atoms with Crippen LogP contribution in [0.2, 0.25) is 0 Å². The first-order valence-electron chi connectivity index (χ1n) is 9.21. The number of fused-ring (bicyclic) bond motifs is 1. The number of ether oxygens (including phenoxy) is 1. The highest BCUT2D eigenvalue weighted by atomic mass is 16.7. The van der Waals surface area contributed by atoms with Gasteiger partial charge in [-0.25, -0.2) is 19.7 Å². The molecule has 2 aromatic heterocycles. The van der Waals surface area contributed by atoms with E-state index in [4.69, 9.17) is 15.3 Å². The second-order valence-corrected chi connectivity index (χ2v) is 8.55. The number of rotatable bonds is 3. The Hall–Kier alpha value is -3.20. The standard InChI is InChI=1S/C20H26N6O3/c1-19(2,3)28-18(27)26(29-20(4,5)6)17-15-16(22-11-23-17)25(12-24-15)14-9-7-13(21)8-10-14/h7-12H,21H2,1-6H3. The molecule has 0 aliphatic heterocycles. The van der Waals surface area contributed by atoms with Crippen LogP contribution >= 0.6 is 0 Å². The van der Waals surface area contributed by atoms with Gasteiger partial charge in [0.1, 0.15) is 18.3 Å². The molecule has 1 aromatic carbocycles. The number of nitrogens with two attached hydrogens (primary N) is 1. The van der Waals surface area contributed by atoms with Gasteiger partial charge in [0.05, 0.1) is 5.60 Å². The van der Waals surface area contributed by atoms with E-state index in [1.165, 1.54) is 6.33 Å². The van der Waals surface area contributed by atoms with Crippen LogP contribution in [0.5, 0.6) is 0 Å². The number of imidazole rings is 1. The molecule has 0 aliphatic carbocycles. The molecular formula is C20H26N6O3. The minimum absolute atomic E-state index is 0.202. The van der Waals surface area contributed by atoms with E-state index in [0.717, 1.165) is 10.8 Å². The Balaban J connectivity index is 2.09. The van der Waals surface area contributed by atoms with E-state index in [0.29, 0.717) is 16.9 Å². The summed E-state index contributed by atoms with van der Waals surface area (Å²) in [5.74, 6) is 0.202. The van der Waals surface area contributed by atoms with Crippen molar-refractivity contribution in [3.63, 3.8) is 0 Å². The second kappa shape index (κ2) is 7.32. The Morgan fingerprint density at radius 1 is 1.00 bits per heavy atom. The van der Waals surface area contributed by atoms with Gasteiger partial charge in [-0.1, -0.05) is 0 Å². The first kappa shape index (κ1) is 20.5. The zero-order chi connectivity index (χ0) is 21.4. The summed E-state index contributed by atoms with van der Waals surface area (Å²) in [6.07, 6.45) is 2.28. The van der Waals surface area contributed by atoms with E-state index >= 15 is 0 Å². The number of hydrogen-bond acceptors (Lipinski definition) is 7. The number of aromatic nitrogens is 4. The van der Waals surface area contributed by atoms with Crippen LogP contribution in [0.4, 0.5) is 16.3 Å². The van der Waals surface area contributed by atoms with Crippen LogP contribution in [0.25, 0.3) is 16.9 Å². The molecule has 0 saturated carbocycles. The van der Waals surface area contributed by atoms with Crippen molar-refractivity contribution in [1.82, 2.24) is 19.5 Å². The van der Waals surface area contributed by atoms with Crippen LogP contribution in [-0.2, 0) is 9.57 Å². The average molecular weight is 398 g/mol. The molecule has 0 radical (unpaired) electrons. The number of nitrogens with zero attached hydrogens (tertiary/aromatic N) is 5. The number of anilines is 2. The summed E-state index contributed by atoms with van der Waals surface area (Å²) >= 11 is 0. The Kier molecular flexibility index (Phi) is 5.18. The van der Waals surface area contributed by atoms with Crippen LogP contribution < -0.4 is 10.8 Å². The lowest BCUT2D eigenvalue weighted by Gasteiger charge is -2.30. The van der Waals surface area contributed by atoms with Crippen LogP contribution in [0.3, 0.4) is 0 Å². The Morgan fingerprint density at radius 2 is 1.66 bits per heavy atom. The van der Waals surface area contributed by atoms with Gasteiger partial charge in [0, 0.05) is 11.4 Å². The fourth-order valence-corrected chi connectivity index (χ4v) is 2.54. The van der Waals surface area contributed by atoms with Crippen molar-refractivity contribution < 1.29 is 14.4 Å². The van der Waals surface area contributed by atoms with Crippen molar-refractivity contribution in [2.45, 2.75) is 52.7 Å². The third-order valence-corrected chi connectivity index (χ3v) is 3.60. The van der Waals surface area contributed by atoms with Crippen molar-refractivity contribution in [3.05, 3.63) is 36.9 Å². The van der Waals surface area contributed by atoms with Crippen LogP contribution in [-0.4, -0.2) is 36.8 Å². The third kappa shape index (κ3) is 4.80. The highest BCUT2D eigenvalue weighted by molar-refractivity contribution is 5.94. The van der Waals surface area contributed by atoms with E-state index in [-0.39, 0.29) is 5.82 Å². The molecule has 0 fully saturated rings. The van der Waals surface area contributed by atoms with Crippen molar-refractivity contribution in [2.24, 2.45) is 0 Å². The average Bonchev–Trinajstić information content (AvgIpc) is 3.02. The molecule has 9 heteroatoms. The van der Waals surface area contributed by atoms with E-state index < -0.39 is 17.3 Å².